The van der Waals surface area contributed by atoms with Crippen molar-refractivity contribution in [2.45, 2.75) is 6.54 Å². The second kappa shape index (κ2) is 5.74. The van der Waals surface area contributed by atoms with Crippen LogP contribution in [-0.2, 0) is 11.3 Å². The van der Waals surface area contributed by atoms with Gasteiger partial charge in [0.2, 0.25) is 0 Å². The van der Waals surface area contributed by atoms with Crippen LogP contribution in [0.5, 0.6) is 0 Å². The zero-order chi connectivity index (χ0) is 15.8. The predicted molar refractivity (Wildman–Crippen MR) is 88.1 cm³/mol. The van der Waals surface area contributed by atoms with Gasteiger partial charge in [0.1, 0.15) is 5.82 Å². The van der Waals surface area contributed by atoms with Crippen molar-refractivity contribution in [1.82, 2.24) is 4.90 Å². The number of likely N-dealkylation sites (tertiary alicyclic amines) is 1. The predicted octanol–water partition coefficient (Wildman–Crippen LogP) is 3.54. The van der Waals surface area contributed by atoms with Crippen molar-refractivity contribution in [3.63, 3.8) is 0 Å². The molecular formula is C20H18FNO. The number of hydrogen-bond donors (Lipinski definition) is 0. The van der Waals surface area contributed by atoms with Gasteiger partial charge in [0.15, 0.2) is 5.78 Å². The van der Waals surface area contributed by atoms with Crippen LogP contribution < -0.4 is 0 Å². The Balaban J connectivity index is 1.48. The molecule has 0 amide bonds. The molecule has 1 aliphatic heterocycles. The number of allylic oxidation sites excluding steroid dienone is 1. The fourth-order valence-electron chi connectivity index (χ4n) is 3.69. The number of rotatable bonds is 3. The highest BCUT2D eigenvalue weighted by molar-refractivity contribution is 6.24. The number of nitrogens with zero attached hydrogens (tertiary/aromatic N) is 1. The maximum absolute atomic E-state index is 13.0. The van der Waals surface area contributed by atoms with Crippen LogP contribution in [0.25, 0.3) is 5.57 Å². The first-order chi connectivity index (χ1) is 11.2. The Kier molecular flexibility index (Phi) is 3.58. The number of carbonyl (C=O) groups is 1. The zero-order valence-corrected chi connectivity index (χ0v) is 12.8. The molecule has 116 valence electrons. The third-order valence-electron chi connectivity index (χ3n) is 4.83. The van der Waals surface area contributed by atoms with E-state index >= 15 is 0 Å². The van der Waals surface area contributed by atoms with Crippen LogP contribution in [0, 0.1) is 17.7 Å². The summed E-state index contributed by atoms with van der Waals surface area (Å²) in [5.41, 5.74) is 2.99. The number of carbonyl (C=O) groups excluding carboxylic acids is 1. The van der Waals surface area contributed by atoms with Crippen molar-refractivity contribution < 1.29 is 9.18 Å². The van der Waals surface area contributed by atoms with Gasteiger partial charge in [0, 0.05) is 37.0 Å². The standard InChI is InChI=1S/C20H18FNO/c21-17-8-6-14(7-9-17)11-22-12-16-10-18(20(23)19(16)13-22)15-4-2-1-3-5-15/h1-10,16,19H,11-13H2. The average molecular weight is 307 g/mol. The molecule has 1 saturated heterocycles. The Labute approximate surface area is 135 Å². The minimum absolute atomic E-state index is 0.0747. The molecule has 2 aromatic carbocycles. The number of hydrogen-bond acceptors (Lipinski definition) is 2. The molecule has 2 unspecified atom stereocenters. The highest BCUT2D eigenvalue weighted by Gasteiger charge is 2.42. The van der Waals surface area contributed by atoms with E-state index in [0.717, 1.165) is 36.3 Å². The highest BCUT2D eigenvalue weighted by Crippen LogP contribution is 2.38. The lowest BCUT2D eigenvalue weighted by Crippen LogP contribution is -2.23. The minimum atomic E-state index is -0.211. The van der Waals surface area contributed by atoms with Crippen LogP contribution in [0.3, 0.4) is 0 Å². The second-order valence-electron chi connectivity index (χ2n) is 6.40. The van der Waals surface area contributed by atoms with Crippen LogP contribution in [0.2, 0.25) is 0 Å². The first-order valence-corrected chi connectivity index (χ1v) is 7.99. The van der Waals surface area contributed by atoms with E-state index < -0.39 is 0 Å². The Morgan fingerprint density at radius 2 is 1.74 bits per heavy atom. The quantitative estimate of drug-likeness (QED) is 0.864. The number of Topliss-reactive ketones (excluding diaryl/α,β-unsaturated/α-hetero) is 1. The van der Waals surface area contributed by atoms with Gasteiger partial charge >= 0.3 is 0 Å². The van der Waals surface area contributed by atoms with E-state index in [0.29, 0.717) is 5.92 Å². The number of ketones is 1. The smallest absolute Gasteiger partial charge is 0.168 e. The summed E-state index contributed by atoms with van der Waals surface area (Å²) in [6.45, 7) is 2.45. The summed E-state index contributed by atoms with van der Waals surface area (Å²) in [7, 11) is 0. The Morgan fingerprint density at radius 1 is 1.00 bits per heavy atom. The van der Waals surface area contributed by atoms with Gasteiger partial charge in [-0.3, -0.25) is 9.69 Å². The van der Waals surface area contributed by atoms with Crippen LogP contribution in [0.15, 0.2) is 60.7 Å². The topological polar surface area (TPSA) is 20.3 Å². The van der Waals surface area contributed by atoms with E-state index in [-0.39, 0.29) is 17.5 Å². The van der Waals surface area contributed by atoms with Gasteiger partial charge in [-0.05, 0) is 23.3 Å². The summed E-state index contributed by atoms with van der Waals surface area (Å²) in [6.07, 6.45) is 2.15. The van der Waals surface area contributed by atoms with Crippen LogP contribution in [0.1, 0.15) is 11.1 Å². The molecule has 0 saturated carbocycles. The van der Waals surface area contributed by atoms with Crippen molar-refractivity contribution in [3.8, 4) is 0 Å². The molecule has 4 rings (SSSR count). The molecule has 0 spiro atoms. The van der Waals surface area contributed by atoms with E-state index in [1.807, 2.05) is 42.5 Å². The lowest BCUT2D eigenvalue weighted by Gasteiger charge is -2.16. The summed E-state index contributed by atoms with van der Waals surface area (Å²) in [4.78, 5) is 15.0. The molecule has 1 heterocycles. The summed E-state index contributed by atoms with van der Waals surface area (Å²) < 4.78 is 13.0. The first-order valence-electron chi connectivity index (χ1n) is 7.99. The van der Waals surface area contributed by atoms with E-state index in [9.17, 15) is 9.18 Å². The molecule has 2 nitrogen and oxygen atoms in total. The molecule has 0 aromatic heterocycles. The SMILES string of the molecule is O=C1C(c2ccccc2)=CC2CN(Cc3ccc(F)cc3)CC12. The average Bonchev–Trinajstić information content (AvgIpc) is 3.10. The molecule has 2 aliphatic rings. The second-order valence-corrected chi connectivity index (χ2v) is 6.40. The van der Waals surface area contributed by atoms with E-state index in [1.54, 1.807) is 0 Å². The fourth-order valence-corrected chi connectivity index (χ4v) is 3.69. The highest BCUT2D eigenvalue weighted by atomic mass is 19.1. The third kappa shape index (κ3) is 2.73. The maximum atomic E-state index is 13.0. The van der Waals surface area contributed by atoms with Gasteiger partial charge in [-0.2, -0.15) is 0 Å². The zero-order valence-electron chi connectivity index (χ0n) is 12.8. The molecule has 0 N–H and O–H groups in total. The van der Waals surface area contributed by atoms with E-state index in [2.05, 4.69) is 11.0 Å². The molecule has 0 radical (unpaired) electrons. The molecule has 2 atom stereocenters. The number of benzene rings is 2. The van der Waals surface area contributed by atoms with E-state index in [4.69, 9.17) is 0 Å². The molecule has 2 aromatic rings. The lowest BCUT2D eigenvalue weighted by molar-refractivity contribution is -0.116. The van der Waals surface area contributed by atoms with Crippen LogP contribution >= 0.6 is 0 Å². The minimum Gasteiger partial charge on any atom is -0.298 e. The summed E-state index contributed by atoms with van der Waals surface area (Å²) in [5, 5.41) is 0. The largest absolute Gasteiger partial charge is 0.298 e. The van der Waals surface area contributed by atoms with Gasteiger partial charge in [-0.25, -0.2) is 4.39 Å². The van der Waals surface area contributed by atoms with Crippen molar-refractivity contribution in [1.29, 1.82) is 0 Å². The van der Waals surface area contributed by atoms with Crippen molar-refractivity contribution in [2.24, 2.45) is 11.8 Å². The van der Waals surface area contributed by atoms with Crippen molar-refractivity contribution >= 4 is 11.4 Å². The normalized spacial score (nSPS) is 23.9. The third-order valence-corrected chi connectivity index (χ3v) is 4.83. The van der Waals surface area contributed by atoms with Gasteiger partial charge in [0.25, 0.3) is 0 Å². The molecule has 1 fully saturated rings. The molecular weight excluding hydrogens is 289 g/mol. The Morgan fingerprint density at radius 3 is 2.43 bits per heavy atom. The van der Waals surface area contributed by atoms with Gasteiger partial charge in [-0.15, -0.1) is 0 Å². The monoisotopic (exact) mass is 307 g/mol. The van der Waals surface area contributed by atoms with Gasteiger partial charge in [0.05, 0.1) is 0 Å². The maximum Gasteiger partial charge on any atom is 0.168 e. The van der Waals surface area contributed by atoms with Gasteiger partial charge in [-0.1, -0.05) is 48.5 Å². The molecule has 1 aliphatic carbocycles. The number of fused-ring (bicyclic) bond motifs is 1. The Bertz CT molecular complexity index is 751. The van der Waals surface area contributed by atoms with Crippen LogP contribution in [-0.4, -0.2) is 23.8 Å². The molecule has 3 heteroatoms. The van der Waals surface area contributed by atoms with Crippen molar-refractivity contribution in [3.05, 3.63) is 77.6 Å². The van der Waals surface area contributed by atoms with Crippen molar-refractivity contribution in [2.75, 3.05) is 13.1 Å². The summed E-state index contributed by atoms with van der Waals surface area (Å²) in [6, 6.07) is 16.5. The summed E-state index contributed by atoms with van der Waals surface area (Å²) >= 11 is 0. The summed E-state index contributed by atoms with van der Waals surface area (Å²) in [5.74, 6) is 0.435. The Hall–Kier alpha value is -2.26. The fraction of sp³-hybridized carbons (Fsp3) is 0.250. The number of halogens is 1. The lowest BCUT2D eigenvalue weighted by atomic mass is 9.97. The van der Waals surface area contributed by atoms with Gasteiger partial charge < -0.3 is 0 Å². The first kappa shape index (κ1) is 14.3. The molecule has 23 heavy (non-hydrogen) atoms. The molecule has 0 bridgehead atoms. The van der Waals surface area contributed by atoms with E-state index in [1.165, 1.54) is 12.1 Å². The van der Waals surface area contributed by atoms with Crippen LogP contribution in [0.4, 0.5) is 4.39 Å².